The minimum absolute atomic E-state index is 0.165. The Morgan fingerprint density at radius 3 is 2.39 bits per heavy atom. The topological polar surface area (TPSA) is 118 Å². The van der Waals surface area contributed by atoms with Gasteiger partial charge in [0.25, 0.3) is 5.91 Å². The third-order valence-corrected chi connectivity index (χ3v) is 5.37. The van der Waals surface area contributed by atoms with Crippen LogP contribution in [0.4, 0.5) is 11.4 Å². The summed E-state index contributed by atoms with van der Waals surface area (Å²) in [6.07, 6.45) is 4.18. The molecule has 38 heavy (non-hydrogen) atoms. The smallest absolute Gasteiger partial charge is 0.329 e. The molecule has 0 aromatic heterocycles. The molecule has 0 aliphatic heterocycles. The summed E-state index contributed by atoms with van der Waals surface area (Å²) in [7, 11) is 0. The zero-order valence-corrected chi connectivity index (χ0v) is 21.5. The van der Waals surface area contributed by atoms with Gasteiger partial charge in [0, 0.05) is 11.4 Å². The van der Waals surface area contributed by atoms with Crippen LogP contribution in [0.25, 0.3) is 0 Å². The maximum Gasteiger partial charge on any atom is 0.329 e. The summed E-state index contributed by atoms with van der Waals surface area (Å²) < 4.78 is 11.2. The summed E-state index contributed by atoms with van der Waals surface area (Å²) in [6.45, 7) is 4.57. The van der Waals surface area contributed by atoms with E-state index in [1.807, 2.05) is 31.2 Å². The van der Waals surface area contributed by atoms with Crippen LogP contribution in [0.5, 0.6) is 11.5 Å². The van der Waals surface area contributed by atoms with Crippen molar-refractivity contribution < 1.29 is 23.9 Å². The standard InChI is InChI=1S/C29H32N4O5/c1-3-5-17-37-24-15-13-23(14-16-24)31-28(35)29(36)33-30-19-21-9-8-11-25(18-21)38-20-27(34)32-26-12-7-6-10-22(26)4-2/h6-16,18-19H,3-5,17,20H2,1-2H3,(H,31,35)(H,32,34)(H,33,36)/b30-19-. The van der Waals surface area contributed by atoms with E-state index in [1.54, 1.807) is 48.5 Å². The summed E-state index contributed by atoms with van der Waals surface area (Å²) >= 11 is 0. The van der Waals surface area contributed by atoms with Crippen LogP contribution in [0.15, 0.2) is 77.9 Å². The molecule has 3 amide bonds. The number of benzene rings is 3. The Balaban J connectivity index is 1.45. The van der Waals surface area contributed by atoms with E-state index >= 15 is 0 Å². The molecule has 0 saturated heterocycles. The zero-order valence-electron chi connectivity index (χ0n) is 21.5. The molecule has 0 heterocycles. The molecule has 3 aromatic rings. The Morgan fingerprint density at radius 2 is 1.63 bits per heavy atom. The number of hydrogen-bond donors (Lipinski definition) is 3. The lowest BCUT2D eigenvalue weighted by molar-refractivity contribution is -0.136. The zero-order chi connectivity index (χ0) is 27.2. The molecule has 3 aromatic carbocycles. The number of carbonyl (C=O) groups is 3. The summed E-state index contributed by atoms with van der Waals surface area (Å²) in [5.74, 6) is -0.893. The number of ether oxygens (including phenoxy) is 2. The fourth-order valence-electron chi connectivity index (χ4n) is 3.34. The molecule has 3 rings (SSSR count). The molecule has 0 aliphatic rings. The largest absolute Gasteiger partial charge is 0.494 e. The molecule has 198 valence electrons. The van der Waals surface area contributed by atoms with Gasteiger partial charge in [0.05, 0.1) is 12.8 Å². The molecular formula is C29H32N4O5. The summed E-state index contributed by atoms with van der Waals surface area (Å²) in [5, 5.41) is 9.19. The summed E-state index contributed by atoms with van der Waals surface area (Å²) in [5.41, 5.74) is 5.07. The first-order valence-electron chi connectivity index (χ1n) is 12.5. The maximum absolute atomic E-state index is 12.3. The van der Waals surface area contributed by atoms with Gasteiger partial charge in [0.1, 0.15) is 11.5 Å². The molecule has 0 bridgehead atoms. The average Bonchev–Trinajstić information content (AvgIpc) is 2.93. The second-order valence-corrected chi connectivity index (χ2v) is 8.30. The second kappa shape index (κ2) is 14.8. The normalized spacial score (nSPS) is 10.6. The first kappa shape index (κ1) is 27.9. The van der Waals surface area contributed by atoms with Crippen molar-refractivity contribution >= 4 is 35.3 Å². The summed E-state index contributed by atoms with van der Waals surface area (Å²) in [6, 6.07) is 21.2. The first-order valence-corrected chi connectivity index (χ1v) is 12.5. The highest BCUT2D eigenvalue weighted by Gasteiger charge is 2.13. The number of aryl methyl sites for hydroxylation is 1. The van der Waals surface area contributed by atoms with Crippen LogP contribution in [-0.4, -0.2) is 37.1 Å². The minimum Gasteiger partial charge on any atom is -0.494 e. The van der Waals surface area contributed by atoms with E-state index in [4.69, 9.17) is 9.47 Å². The molecule has 9 nitrogen and oxygen atoms in total. The molecule has 0 atom stereocenters. The first-order chi connectivity index (χ1) is 18.5. The molecule has 0 unspecified atom stereocenters. The molecule has 9 heteroatoms. The highest BCUT2D eigenvalue weighted by molar-refractivity contribution is 6.39. The Hall–Kier alpha value is -4.66. The Bertz CT molecular complexity index is 1260. The van der Waals surface area contributed by atoms with Crippen LogP contribution >= 0.6 is 0 Å². The van der Waals surface area contributed by atoms with Gasteiger partial charge in [0.15, 0.2) is 6.61 Å². The second-order valence-electron chi connectivity index (χ2n) is 8.30. The molecule has 0 radical (unpaired) electrons. The lowest BCUT2D eigenvalue weighted by atomic mass is 10.1. The SMILES string of the molecule is CCCCOc1ccc(NC(=O)C(=O)N/N=C\c2cccc(OCC(=O)Nc3ccccc3CC)c2)cc1. The molecule has 0 saturated carbocycles. The molecular weight excluding hydrogens is 484 g/mol. The monoisotopic (exact) mass is 516 g/mol. The molecule has 3 N–H and O–H groups in total. The quantitative estimate of drug-likeness (QED) is 0.141. The van der Waals surface area contributed by atoms with Gasteiger partial charge in [-0.1, -0.05) is 50.6 Å². The third-order valence-electron chi connectivity index (χ3n) is 5.37. The number of hydrazone groups is 1. The average molecular weight is 517 g/mol. The number of rotatable bonds is 12. The Morgan fingerprint density at radius 1 is 0.842 bits per heavy atom. The van der Waals surface area contributed by atoms with Crippen LogP contribution in [0.3, 0.4) is 0 Å². The number of amides is 3. The van der Waals surface area contributed by atoms with Gasteiger partial charge in [0.2, 0.25) is 0 Å². The van der Waals surface area contributed by atoms with E-state index in [9.17, 15) is 14.4 Å². The van der Waals surface area contributed by atoms with Gasteiger partial charge in [-0.25, -0.2) is 5.43 Å². The van der Waals surface area contributed by atoms with Crippen molar-refractivity contribution in [2.24, 2.45) is 5.10 Å². The van der Waals surface area contributed by atoms with Gasteiger partial charge >= 0.3 is 11.8 Å². The number of nitrogens with one attached hydrogen (secondary N) is 3. The number of unbranched alkanes of at least 4 members (excludes halogenated alkanes) is 1. The van der Waals surface area contributed by atoms with Crippen molar-refractivity contribution in [2.75, 3.05) is 23.8 Å². The summed E-state index contributed by atoms with van der Waals surface area (Å²) in [4.78, 5) is 36.5. The van der Waals surface area contributed by atoms with Crippen molar-refractivity contribution in [1.82, 2.24) is 5.43 Å². The van der Waals surface area contributed by atoms with Crippen molar-refractivity contribution in [3.8, 4) is 11.5 Å². The lowest BCUT2D eigenvalue weighted by Crippen LogP contribution is -2.32. The number of para-hydroxylation sites is 1. The maximum atomic E-state index is 12.3. The van der Waals surface area contributed by atoms with Crippen molar-refractivity contribution in [1.29, 1.82) is 0 Å². The number of anilines is 2. The van der Waals surface area contributed by atoms with Gasteiger partial charge in [-0.05, 0) is 66.4 Å². The molecule has 0 fully saturated rings. The van der Waals surface area contributed by atoms with Crippen LogP contribution < -0.4 is 25.5 Å². The predicted octanol–water partition coefficient (Wildman–Crippen LogP) is 4.53. The molecule has 0 spiro atoms. The van der Waals surface area contributed by atoms with Crippen LogP contribution in [0, 0.1) is 0 Å². The number of hydrogen-bond acceptors (Lipinski definition) is 6. The van der Waals surface area contributed by atoms with Crippen molar-refractivity contribution in [2.45, 2.75) is 33.1 Å². The fourth-order valence-corrected chi connectivity index (χ4v) is 3.34. The lowest BCUT2D eigenvalue weighted by Gasteiger charge is -2.10. The minimum atomic E-state index is -0.916. The predicted molar refractivity (Wildman–Crippen MR) is 148 cm³/mol. The fraction of sp³-hybridized carbons (Fsp3) is 0.241. The van der Waals surface area contributed by atoms with E-state index < -0.39 is 11.8 Å². The van der Waals surface area contributed by atoms with Gasteiger partial charge < -0.3 is 20.1 Å². The molecule has 0 aliphatic carbocycles. The van der Waals surface area contributed by atoms with E-state index in [0.717, 1.165) is 30.5 Å². The van der Waals surface area contributed by atoms with Crippen LogP contribution in [-0.2, 0) is 20.8 Å². The third kappa shape index (κ3) is 9.09. The van der Waals surface area contributed by atoms with E-state index in [1.165, 1.54) is 6.21 Å². The van der Waals surface area contributed by atoms with E-state index in [0.29, 0.717) is 29.4 Å². The van der Waals surface area contributed by atoms with Gasteiger partial charge in [-0.15, -0.1) is 0 Å². The number of carbonyl (C=O) groups excluding carboxylic acids is 3. The van der Waals surface area contributed by atoms with Crippen molar-refractivity contribution in [3.63, 3.8) is 0 Å². The Labute approximate surface area is 222 Å². The highest BCUT2D eigenvalue weighted by atomic mass is 16.5. The van der Waals surface area contributed by atoms with Crippen molar-refractivity contribution in [3.05, 3.63) is 83.9 Å². The van der Waals surface area contributed by atoms with Gasteiger partial charge in [-0.3, -0.25) is 14.4 Å². The van der Waals surface area contributed by atoms with Crippen LogP contribution in [0.1, 0.15) is 37.8 Å². The Kier molecular flexibility index (Phi) is 10.9. The highest BCUT2D eigenvalue weighted by Crippen LogP contribution is 2.17. The van der Waals surface area contributed by atoms with Crippen LogP contribution in [0.2, 0.25) is 0 Å². The van der Waals surface area contributed by atoms with E-state index in [-0.39, 0.29) is 12.5 Å². The van der Waals surface area contributed by atoms with E-state index in [2.05, 4.69) is 28.1 Å². The number of nitrogens with zero attached hydrogens (tertiary/aromatic N) is 1. The van der Waals surface area contributed by atoms with Gasteiger partial charge in [-0.2, -0.15) is 5.10 Å².